The summed E-state index contributed by atoms with van der Waals surface area (Å²) >= 11 is 0. The number of hydrogen-bond acceptors (Lipinski definition) is 6. The van der Waals surface area contributed by atoms with Crippen LogP contribution in [-0.2, 0) is 9.53 Å². The summed E-state index contributed by atoms with van der Waals surface area (Å²) in [5.41, 5.74) is -0.173. The average molecular weight is 378 g/mol. The first-order valence-corrected chi connectivity index (χ1v) is 9.56. The predicted octanol–water partition coefficient (Wildman–Crippen LogP) is 3.06. The van der Waals surface area contributed by atoms with Gasteiger partial charge in [0.2, 0.25) is 0 Å². The number of rotatable bonds is 5. The molecule has 2 N–H and O–H groups in total. The summed E-state index contributed by atoms with van der Waals surface area (Å²) in [5.74, 6) is -0.397. The Morgan fingerprint density at radius 2 is 2.11 bits per heavy atom. The normalized spacial score (nSPS) is 23.7. The molecule has 0 aliphatic carbocycles. The maximum atomic E-state index is 12.6. The van der Waals surface area contributed by atoms with Crippen LogP contribution in [0.5, 0.6) is 11.5 Å². The Morgan fingerprint density at radius 1 is 1.41 bits per heavy atom. The molecule has 1 saturated heterocycles. The molecule has 7 heteroatoms. The van der Waals surface area contributed by atoms with Crippen LogP contribution in [-0.4, -0.2) is 41.2 Å². The van der Waals surface area contributed by atoms with Crippen molar-refractivity contribution in [1.29, 1.82) is 0 Å². The molecule has 1 aromatic rings. The molecule has 0 saturated carbocycles. The summed E-state index contributed by atoms with van der Waals surface area (Å²) in [5, 5.41) is 12.8. The number of amides is 1. The Kier molecular flexibility index (Phi) is 7.45. The first kappa shape index (κ1) is 21.0. The average Bonchev–Trinajstić information content (AvgIpc) is 2.67. The number of nitrogens with zero attached hydrogens (tertiary/aromatic N) is 1. The Bertz CT molecular complexity index is 662. The lowest BCUT2D eigenvalue weighted by Gasteiger charge is -2.25. The van der Waals surface area contributed by atoms with Crippen LogP contribution in [0.1, 0.15) is 63.4 Å². The van der Waals surface area contributed by atoms with Crippen molar-refractivity contribution < 1.29 is 24.2 Å². The standard InChI is InChI=1S/C20H30N2O5/c1-12(2)11-14-7-5-6-8-15(20(25)27-13(14)3)22-19(24)17-18(23)16(26-4)9-10-21-17/h9-10,12-15,23H,5-8,11H2,1-4H3,(H,22,24)/t13-,14-,15-/m0/s1. The Labute approximate surface area is 160 Å². The summed E-state index contributed by atoms with van der Waals surface area (Å²) < 4.78 is 10.6. The van der Waals surface area contributed by atoms with E-state index in [0.717, 1.165) is 25.7 Å². The van der Waals surface area contributed by atoms with Crippen molar-refractivity contribution in [3.05, 3.63) is 18.0 Å². The number of methoxy groups -OCH3 is 1. The highest BCUT2D eigenvalue weighted by molar-refractivity contribution is 5.97. The van der Waals surface area contributed by atoms with Gasteiger partial charge in [-0.3, -0.25) is 4.79 Å². The van der Waals surface area contributed by atoms with Gasteiger partial charge >= 0.3 is 5.97 Å². The van der Waals surface area contributed by atoms with Gasteiger partial charge in [0, 0.05) is 12.3 Å². The number of cyclic esters (lactones) is 1. The lowest BCUT2D eigenvalue weighted by molar-refractivity contribution is -0.153. The van der Waals surface area contributed by atoms with Gasteiger partial charge in [0.25, 0.3) is 5.91 Å². The van der Waals surface area contributed by atoms with Crippen LogP contribution in [0.3, 0.4) is 0 Å². The highest BCUT2D eigenvalue weighted by atomic mass is 16.5. The predicted molar refractivity (Wildman–Crippen MR) is 101 cm³/mol. The largest absolute Gasteiger partial charge is 0.503 e. The quantitative estimate of drug-likeness (QED) is 0.764. The van der Waals surface area contributed by atoms with Crippen molar-refractivity contribution in [2.75, 3.05) is 7.11 Å². The number of aromatic nitrogens is 1. The molecular weight excluding hydrogens is 348 g/mol. The number of nitrogens with one attached hydrogen (secondary N) is 1. The molecule has 2 rings (SSSR count). The molecule has 1 fully saturated rings. The number of esters is 1. The van der Waals surface area contributed by atoms with Gasteiger partial charge in [-0.05, 0) is 38.0 Å². The summed E-state index contributed by atoms with van der Waals surface area (Å²) in [6.07, 6.45) is 5.48. The van der Waals surface area contributed by atoms with Gasteiger partial charge in [0.15, 0.2) is 17.2 Å². The maximum absolute atomic E-state index is 12.6. The van der Waals surface area contributed by atoms with E-state index >= 15 is 0 Å². The first-order chi connectivity index (χ1) is 12.8. The van der Waals surface area contributed by atoms with Crippen molar-refractivity contribution in [1.82, 2.24) is 10.3 Å². The minimum absolute atomic E-state index is 0.150. The van der Waals surface area contributed by atoms with Crippen LogP contribution in [0.25, 0.3) is 0 Å². The summed E-state index contributed by atoms with van der Waals surface area (Å²) in [7, 11) is 1.39. The van der Waals surface area contributed by atoms with Gasteiger partial charge in [-0.1, -0.05) is 26.7 Å². The van der Waals surface area contributed by atoms with E-state index in [-0.39, 0.29) is 23.3 Å². The zero-order valence-electron chi connectivity index (χ0n) is 16.5. The zero-order valence-corrected chi connectivity index (χ0v) is 16.5. The Balaban J connectivity index is 2.09. The molecule has 1 aliphatic heterocycles. The van der Waals surface area contributed by atoms with Gasteiger partial charge < -0.3 is 19.9 Å². The van der Waals surface area contributed by atoms with Gasteiger partial charge in [0.05, 0.1) is 7.11 Å². The first-order valence-electron chi connectivity index (χ1n) is 9.56. The fourth-order valence-electron chi connectivity index (χ4n) is 3.51. The topological polar surface area (TPSA) is 97.8 Å². The van der Waals surface area contributed by atoms with Crippen LogP contribution in [0.2, 0.25) is 0 Å². The van der Waals surface area contributed by atoms with E-state index in [0.29, 0.717) is 18.3 Å². The fourth-order valence-corrected chi connectivity index (χ4v) is 3.51. The van der Waals surface area contributed by atoms with Crippen molar-refractivity contribution >= 4 is 11.9 Å². The molecule has 1 aliphatic rings. The molecule has 0 radical (unpaired) electrons. The molecule has 7 nitrogen and oxygen atoms in total. The van der Waals surface area contributed by atoms with Gasteiger partial charge in [-0.15, -0.1) is 0 Å². The molecule has 150 valence electrons. The van der Waals surface area contributed by atoms with Crippen molar-refractivity contribution in [2.45, 2.75) is 65.0 Å². The molecule has 0 unspecified atom stereocenters. The van der Waals surface area contributed by atoms with E-state index in [1.807, 2.05) is 6.92 Å². The zero-order chi connectivity index (χ0) is 20.0. The number of carbonyl (C=O) groups excluding carboxylic acids is 2. The van der Waals surface area contributed by atoms with Crippen molar-refractivity contribution in [3.63, 3.8) is 0 Å². The van der Waals surface area contributed by atoms with Crippen LogP contribution in [0.4, 0.5) is 0 Å². The maximum Gasteiger partial charge on any atom is 0.328 e. The Morgan fingerprint density at radius 3 is 2.78 bits per heavy atom. The molecule has 0 bridgehead atoms. The summed E-state index contributed by atoms with van der Waals surface area (Å²) in [6, 6.07) is 0.696. The van der Waals surface area contributed by atoms with Gasteiger partial charge in [-0.25, -0.2) is 9.78 Å². The number of aromatic hydroxyl groups is 1. The van der Waals surface area contributed by atoms with E-state index in [2.05, 4.69) is 24.1 Å². The molecule has 2 heterocycles. The number of carbonyl (C=O) groups is 2. The van der Waals surface area contributed by atoms with Crippen molar-refractivity contribution in [2.24, 2.45) is 11.8 Å². The van der Waals surface area contributed by atoms with Crippen LogP contribution >= 0.6 is 0 Å². The van der Waals surface area contributed by atoms with E-state index in [4.69, 9.17) is 9.47 Å². The third-order valence-electron chi connectivity index (χ3n) is 4.97. The second-order valence-corrected chi connectivity index (χ2v) is 7.55. The minimum atomic E-state index is -0.759. The third kappa shape index (κ3) is 5.58. The van der Waals surface area contributed by atoms with Crippen molar-refractivity contribution in [3.8, 4) is 11.5 Å². The molecular formula is C20H30N2O5. The van der Waals surface area contributed by atoms with Crippen LogP contribution < -0.4 is 10.1 Å². The SMILES string of the molecule is COc1ccnc(C(=O)N[C@H]2CCCC[C@@H](CC(C)C)[C@H](C)OC2=O)c1O. The van der Waals surface area contributed by atoms with Crippen LogP contribution in [0.15, 0.2) is 12.3 Å². The third-order valence-corrected chi connectivity index (χ3v) is 4.97. The Hall–Kier alpha value is -2.31. The smallest absolute Gasteiger partial charge is 0.328 e. The van der Waals surface area contributed by atoms with Crippen LogP contribution in [0, 0.1) is 11.8 Å². The highest BCUT2D eigenvalue weighted by Crippen LogP contribution is 2.29. The summed E-state index contributed by atoms with van der Waals surface area (Å²) in [6.45, 7) is 6.25. The highest BCUT2D eigenvalue weighted by Gasteiger charge is 2.30. The van der Waals surface area contributed by atoms with E-state index < -0.39 is 17.9 Å². The van der Waals surface area contributed by atoms with E-state index in [1.165, 1.54) is 19.4 Å². The number of pyridine rings is 1. The lowest BCUT2D eigenvalue weighted by Crippen LogP contribution is -2.43. The molecule has 0 aromatic carbocycles. The molecule has 0 spiro atoms. The second kappa shape index (κ2) is 9.58. The molecule has 3 atom stereocenters. The second-order valence-electron chi connectivity index (χ2n) is 7.55. The van der Waals surface area contributed by atoms with Gasteiger partial charge in [-0.2, -0.15) is 0 Å². The lowest BCUT2D eigenvalue weighted by atomic mass is 9.88. The fraction of sp³-hybridized carbons (Fsp3) is 0.650. The molecule has 1 amide bonds. The van der Waals surface area contributed by atoms with Gasteiger partial charge in [0.1, 0.15) is 12.1 Å². The monoisotopic (exact) mass is 378 g/mol. The van der Waals surface area contributed by atoms with E-state index in [1.54, 1.807) is 0 Å². The molecule has 27 heavy (non-hydrogen) atoms. The number of hydrogen-bond donors (Lipinski definition) is 2. The number of ether oxygens (including phenoxy) is 2. The minimum Gasteiger partial charge on any atom is -0.503 e. The molecule has 1 aromatic heterocycles. The van der Waals surface area contributed by atoms with E-state index in [9.17, 15) is 14.7 Å². The summed E-state index contributed by atoms with van der Waals surface area (Å²) in [4.78, 5) is 29.0.